The number of aryl methyl sites for hydroxylation is 1. The number of hydrogen-bond donors (Lipinski definition) is 1. The highest BCUT2D eigenvalue weighted by Crippen LogP contribution is 2.20. The van der Waals surface area contributed by atoms with Crippen molar-refractivity contribution in [2.75, 3.05) is 19.6 Å². The Morgan fingerprint density at radius 2 is 2.14 bits per heavy atom. The molecule has 21 heavy (non-hydrogen) atoms. The van der Waals surface area contributed by atoms with Gasteiger partial charge in [-0.3, -0.25) is 4.90 Å². The van der Waals surface area contributed by atoms with Crippen molar-refractivity contribution >= 4 is 0 Å². The van der Waals surface area contributed by atoms with Crippen LogP contribution in [0.4, 0.5) is 0 Å². The molecule has 1 aliphatic heterocycles. The van der Waals surface area contributed by atoms with Gasteiger partial charge in [-0.05, 0) is 11.8 Å². The molecule has 2 heterocycles. The molecule has 0 aliphatic carbocycles. The third-order valence-corrected chi connectivity index (χ3v) is 5.13. The molecule has 0 aromatic carbocycles. The van der Waals surface area contributed by atoms with Crippen LogP contribution in [0.1, 0.15) is 39.9 Å². The number of hydrogen-bond acceptors (Lipinski definition) is 3. The van der Waals surface area contributed by atoms with Gasteiger partial charge in [-0.25, -0.2) is 4.98 Å². The van der Waals surface area contributed by atoms with Gasteiger partial charge in [-0.1, -0.05) is 34.1 Å². The Hall–Kier alpha value is -0.870. The van der Waals surface area contributed by atoms with Crippen molar-refractivity contribution in [3.8, 4) is 0 Å². The van der Waals surface area contributed by atoms with Crippen LogP contribution in [0.15, 0.2) is 12.4 Å². The molecule has 1 aliphatic rings. The minimum absolute atomic E-state index is 0.631. The van der Waals surface area contributed by atoms with Gasteiger partial charge in [-0.15, -0.1) is 0 Å². The maximum atomic E-state index is 4.46. The Kier molecular flexibility index (Phi) is 5.82. The van der Waals surface area contributed by atoms with Crippen LogP contribution in [0.25, 0.3) is 0 Å². The van der Waals surface area contributed by atoms with Gasteiger partial charge >= 0.3 is 0 Å². The zero-order valence-corrected chi connectivity index (χ0v) is 14.3. The number of piperazine rings is 1. The Bertz CT molecular complexity index is 426. The highest BCUT2D eigenvalue weighted by Gasteiger charge is 2.31. The molecule has 0 saturated carbocycles. The van der Waals surface area contributed by atoms with Crippen LogP contribution in [0, 0.1) is 11.8 Å². The van der Waals surface area contributed by atoms with E-state index in [4.69, 9.17) is 0 Å². The lowest BCUT2D eigenvalue weighted by molar-refractivity contribution is 0.0825. The maximum Gasteiger partial charge on any atom is 0.109 e. The molecule has 1 aromatic rings. The molecule has 1 N–H and O–H groups in total. The average molecular weight is 292 g/mol. The van der Waals surface area contributed by atoms with Gasteiger partial charge in [0.2, 0.25) is 0 Å². The summed E-state index contributed by atoms with van der Waals surface area (Å²) >= 11 is 0. The monoisotopic (exact) mass is 292 g/mol. The van der Waals surface area contributed by atoms with Gasteiger partial charge in [0.25, 0.3) is 0 Å². The Labute approximate surface area is 129 Å². The first-order valence-corrected chi connectivity index (χ1v) is 8.46. The molecule has 0 bridgehead atoms. The second kappa shape index (κ2) is 7.41. The van der Waals surface area contributed by atoms with E-state index >= 15 is 0 Å². The van der Waals surface area contributed by atoms with Gasteiger partial charge in [0.15, 0.2) is 0 Å². The minimum atomic E-state index is 0.631. The summed E-state index contributed by atoms with van der Waals surface area (Å²) in [5, 5.41) is 3.77. The van der Waals surface area contributed by atoms with Gasteiger partial charge < -0.3 is 9.88 Å². The Morgan fingerprint density at radius 3 is 2.71 bits per heavy atom. The van der Waals surface area contributed by atoms with E-state index < -0.39 is 0 Å². The number of nitrogens with one attached hydrogen (secondary N) is 1. The van der Waals surface area contributed by atoms with E-state index in [0.717, 1.165) is 25.4 Å². The molecule has 1 fully saturated rings. The van der Waals surface area contributed by atoms with Crippen molar-refractivity contribution in [2.45, 2.75) is 52.6 Å². The van der Waals surface area contributed by atoms with Crippen molar-refractivity contribution in [3.05, 3.63) is 18.2 Å². The first-order chi connectivity index (χ1) is 10.0. The summed E-state index contributed by atoms with van der Waals surface area (Å²) < 4.78 is 2.14. The standard InChI is InChI=1S/C17H32N4/c1-6-14(4)15-12-21(16(11-19-15)13(2)3)9-7-17-18-8-10-20(17)5/h8,10,13-16,19H,6-7,9,11-12H2,1-5H3. The van der Waals surface area contributed by atoms with Gasteiger partial charge in [0.1, 0.15) is 5.82 Å². The molecule has 0 radical (unpaired) electrons. The fourth-order valence-electron chi connectivity index (χ4n) is 3.31. The Morgan fingerprint density at radius 1 is 1.38 bits per heavy atom. The molecule has 1 aromatic heterocycles. The van der Waals surface area contributed by atoms with E-state index in [1.807, 2.05) is 12.4 Å². The van der Waals surface area contributed by atoms with Crippen LogP contribution in [0.3, 0.4) is 0 Å². The molecule has 3 atom stereocenters. The van der Waals surface area contributed by atoms with Crippen LogP contribution in [-0.2, 0) is 13.5 Å². The SMILES string of the molecule is CCC(C)C1CN(CCc2nccn2C)C(C(C)C)CN1. The lowest BCUT2D eigenvalue weighted by Crippen LogP contribution is -2.60. The Balaban J connectivity index is 1.98. The fourth-order valence-corrected chi connectivity index (χ4v) is 3.31. The number of aromatic nitrogens is 2. The molecule has 4 heteroatoms. The zero-order valence-electron chi connectivity index (χ0n) is 14.3. The summed E-state index contributed by atoms with van der Waals surface area (Å²) in [6.07, 6.45) is 6.22. The van der Waals surface area contributed by atoms with E-state index in [2.05, 4.69) is 54.5 Å². The predicted octanol–water partition coefficient (Wildman–Crippen LogP) is 2.31. The van der Waals surface area contributed by atoms with Gasteiger partial charge in [-0.2, -0.15) is 0 Å². The van der Waals surface area contributed by atoms with E-state index in [9.17, 15) is 0 Å². The van der Waals surface area contributed by atoms with E-state index in [-0.39, 0.29) is 0 Å². The lowest BCUT2D eigenvalue weighted by Gasteiger charge is -2.44. The summed E-state index contributed by atoms with van der Waals surface area (Å²) in [5.41, 5.74) is 0. The van der Waals surface area contributed by atoms with Crippen molar-refractivity contribution in [1.29, 1.82) is 0 Å². The second-order valence-electron chi connectivity index (χ2n) is 6.91. The van der Waals surface area contributed by atoms with Crippen LogP contribution < -0.4 is 5.32 Å². The van der Waals surface area contributed by atoms with Crippen molar-refractivity contribution in [2.24, 2.45) is 18.9 Å². The van der Waals surface area contributed by atoms with E-state index in [1.54, 1.807) is 0 Å². The zero-order chi connectivity index (χ0) is 15.4. The molecule has 4 nitrogen and oxygen atoms in total. The van der Waals surface area contributed by atoms with Crippen LogP contribution in [0.2, 0.25) is 0 Å². The summed E-state index contributed by atoms with van der Waals surface area (Å²) in [7, 11) is 2.09. The smallest absolute Gasteiger partial charge is 0.109 e. The molecule has 120 valence electrons. The van der Waals surface area contributed by atoms with Crippen LogP contribution >= 0.6 is 0 Å². The van der Waals surface area contributed by atoms with Gasteiger partial charge in [0, 0.05) is 57.6 Å². The molecule has 2 rings (SSSR count). The highest BCUT2D eigenvalue weighted by atomic mass is 15.2. The summed E-state index contributed by atoms with van der Waals surface area (Å²) in [4.78, 5) is 7.15. The molecule has 0 amide bonds. The normalized spacial score (nSPS) is 25.4. The molecule has 1 saturated heterocycles. The largest absolute Gasteiger partial charge is 0.338 e. The summed E-state index contributed by atoms with van der Waals surface area (Å²) in [6, 6.07) is 1.27. The summed E-state index contributed by atoms with van der Waals surface area (Å²) in [6.45, 7) is 12.7. The number of imidazole rings is 1. The first-order valence-electron chi connectivity index (χ1n) is 8.46. The molecule has 0 spiro atoms. The third-order valence-electron chi connectivity index (χ3n) is 5.13. The van der Waals surface area contributed by atoms with Crippen molar-refractivity contribution in [3.63, 3.8) is 0 Å². The second-order valence-corrected chi connectivity index (χ2v) is 6.91. The third kappa shape index (κ3) is 4.07. The molecular weight excluding hydrogens is 260 g/mol. The van der Waals surface area contributed by atoms with Gasteiger partial charge in [0.05, 0.1) is 0 Å². The highest BCUT2D eigenvalue weighted by molar-refractivity contribution is 4.95. The quantitative estimate of drug-likeness (QED) is 0.873. The molecular formula is C17H32N4. The van der Waals surface area contributed by atoms with Crippen LogP contribution in [-0.4, -0.2) is 46.2 Å². The van der Waals surface area contributed by atoms with Crippen molar-refractivity contribution in [1.82, 2.24) is 19.8 Å². The topological polar surface area (TPSA) is 33.1 Å². The minimum Gasteiger partial charge on any atom is -0.338 e. The summed E-state index contributed by atoms with van der Waals surface area (Å²) in [5.74, 6) is 2.63. The first kappa shape index (κ1) is 16.5. The predicted molar refractivity (Wildman–Crippen MR) is 88.4 cm³/mol. The number of rotatable bonds is 6. The maximum absolute atomic E-state index is 4.46. The van der Waals surface area contributed by atoms with E-state index in [1.165, 1.54) is 18.8 Å². The fraction of sp³-hybridized carbons (Fsp3) is 0.824. The van der Waals surface area contributed by atoms with Crippen LogP contribution in [0.5, 0.6) is 0 Å². The van der Waals surface area contributed by atoms with Crippen molar-refractivity contribution < 1.29 is 0 Å². The molecule has 3 unspecified atom stereocenters. The average Bonchev–Trinajstić information content (AvgIpc) is 2.89. The lowest BCUT2D eigenvalue weighted by atomic mass is 9.92. The number of nitrogens with zero attached hydrogens (tertiary/aromatic N) is 3. The van der Waals surface area contributed by atoms with E-state index in [0.29, 0.717) is 18.0 Å².